The summed E-state index contributed by atoms with van der Waals surface area (Å²) in [5.74, 6) is -0.0532. The van der Waals surface area contributed by atoms with Crippen LogP contribution in [0.25, 0.3) is 0 Å². The highest BCUT2D eigenvalue weighted by Gasteiger charge is 2.10. The summed E-state index contributed by atoms with van der Waals surface area (Å²) < 4.78 is 0. The van der Waals surface area contributed by atoms with Crippen LogP contribution < -0.4 is 5.32 Å². The average Bonchev–Trinajstić information content (AvgIpc) is 2.81. The normalized spacial score (nSPS) is 10.8. The number of carbonyl (C=O) groups excluding carboxylic acids is 1. The van der Waals surface area contributed by atoms with E-state index in [0.29, 0.717) is 5.13 Å². The molecule has 5 heteroatoms. The van der Waals surface area contributed by atoms with Gasteiger partial charge in [0, 0.05) is 28.4 Å². The van der Waals surface area contributed by atoms with Gasteiger partial charge in [-0.15, -0.1) is 11.3 Å². The van der Waals surface area contributed by atoms with E-state index in [0.717, 1.165) is 27.4 Å². The Kier molecular flexibility index (Phi) is 4.78. The standard InChI is InChI=1S/C15H17ClN2OS/c1-9(2)14(19)18-15-17-8-12(20-15)6-11-5-4-10(3)13(16)7-11/h4-5,7-9H,6H2,1-3H3,(H,17,18,19). The third-order valence-corrected chi connectivity index (χ3v) is 4.24. The lowest BCUT2D eigenvalue weighted by molar-refractivity contribution is -0.118. The summed E-state index contributed by atoms with van der Waals surface area (Å²) in [5, 5.41) is 4.24. The predicted octanol–water partition coefficient (Wildman–Crippen LogP) is 4.29. The maximum absolute atomic E-state index is 11.6. The van der Waals surface area contributed by atoms with Crippen molar-refractivity contribution in [3.8, 4) is 0 Å². The molecule has 1 aromatic heterocycles. The summed E-state index contributed by atoms with van der Waals surface area (Å²) in [6.45, 7) is 5.70. The van der Waals surface area contributed by atoms with E-state index in [2.05, 4.69) is 16.4 Å². The van der Waals surface area contributed by atoms with Crippen molar-refractivity contribution in [1.82, 2.24) is 4.98 Å². The summed E-state index contributed by atoms with van der Waals surface area (Å²) in [6, 6.07) is 6.05. The zero-order chi connectivity index (χ0) is 14.7. The largest absolute Gasteiger partial charge is 0.302 e. The molecule has 0 bridgehead atoms. The van der Waals surface area contributed by atoms with Crippen LogP contribution in [0, 0.1) is 12.8 Å². The minimum atomic E-state index is -0.0433. The Morgan fingerprint density at radius 2 is 2.20 bits per heavy atom. The van der Waals surface area contributed by atoms with E-state index in [-0.39, 0.29) is 11.8 Å². The van der Waals surface area contributed by atoms with Crippen molar-refractivity contribution < 1.29 is 4.79 Å². The van der Waals surface area contributed by atoms with Crippen molar-refractivity contribution in [1.29, 1.82) is 0 Å². The first-order valence-corrected chi connectivity index (χ1v) is 7.65. The molecule has 0 fully saturated rings. The molecule has 0 unspecified atom stereocenters. The number of carbonyl (C=O) groups is 1. The molecule has 106 valence electrons. The number of nitrogens with one attached hydrogen (secondary N) is 1. The fourth-order valence-corrected chi connectivity index (χ4v) is 2.70. The number of anilines is 1. The Morgan fingerprint density at radius 3 is 2.85 bits per heavy atom. The Labute approximate surface area is 128 Å². The number of rotatable bonds is 4. The molecular formula is C15H17ClN2OS. The first-order valence-electron chi connectivity index (χ1n) is 6.46. The topological polar surface area (TPSA) is 42.0 Å². The first kappa shape index (κ1) is 15.0. The number of benzene rings is 1. The number of halogens is 1. The number of nitrogens with zero attached hydrogens (tertiary/aromatic N) is 1. The lowest BCUT2D eigenvalue weighted by Crippen LogP contribution is -2.17. The number of aromatic nitrogens is 1. The van der Waals surface area contributed by atoms with Crippen molar-refractivity contribution in [2.45, 2.75) is 27.2 Å². The minimum absolute atomic E-state index is 0.00993. The van der Waals surface area contributed by atoms with Gasteiger partial charge in [0.25, 0.3) is 0 Å². The van der Waals surface area contributed by atoms with E-state index in [4.69, 9.17) is 11.6 Å². The highest BCUT2D eigenvalue weighted by atomic mass is 35.5. The summed E-state index contributed by atoms with van der Waals surface area (Å²) >= 11 is 7.62. The van der Waals surface area contributed by atoms with E-state index in [1.165, 1.54) is 11.3 Å². The van der Waals surface area contributed by atoms with Gasteiger partial charge in [0.2, 0.25) is 5.91 Å². The molecule has 0 atom stereocenters. The van der Waals surface area contributed by atoms with Crippen molar-refractivity contribution in [3.05, 3.63) is 45.4 Å². The van der Waals surface area contributed by atoms with Gasteiger partial charge in [-0.05, 0) is 24.1 Å². The fourth-order valence-electron chi connectivity index (χ4n) is 1.64. The summed E-state index contributed by atoms with van der Waals surface area (Å²) in [4.78, 5) is 16.9. The van der Waals surface area contributed by atoms with Crippen LogP contribution in [0.5, 0.6) is 0 Å². The van der Waals surface area contributed by atoms with Crippen LogP contribution in [0.4, 0.5) is 5.13 Å². The SMILES string of the molecule is Cc1ccc(Cc2cnc(NC(=O)C(C)C)s2)cc1Cl. The van der Waals surface area contributed by atoms with Gasteiger partial charge in [-0.1, -0.05) is 37.6 Å². The number of hydrogen-bond donors (Lipinski definition) is 1. The average molecular weight is 309 g/mol. The Bertz CT molecular complexity index is 622. The molecule has 0 saturated heterocycles. The van der Waals surface area contributed by atoms with E-state index in [1.54, 1.807) is 6.20 Å². The zero-order valence-corrected chi connectivity index (χ0v) is 13.3. The smallest absolute Gasteiger partial charge is 0.228 e. The van der Waals surface area contributed by atoms with Crippen molar-refractivity contribution >= 4 is 34.0 Å². The molecule has 1 heterocycles. The van der Waals surface area contributed by atoms with Crippen LogP contribution in [0.1, 0.15) is 29.9 Å². The lowest BCUT2D eigenvalue weighted by atomic mass is 10.1. The van der Waals surface area contributed by atoms with E-state index in [9.17, 15) is 4.79 Å². The maximum Gasteiger partial charge on any atom is 0.228 e. The molecule has 0 aliphatic carbocycles. The molecule has 2 aromatic rings. The molecule has 3 nitrogen and oxygen atoms in total. The number of hydrogen-bond acceptors (Lipinski definition) is 3. The van der Waals surface area contributed by atoms with Crippen molar-refractivity contribution in [3.63, 3.8) is 0 Å². The van der Waals surface area contributed by atoms with Crippen LogP contribution in [0.2, 0.25) is 5.02 Å². The van der Waals surface area contributed by atoms with Crippen LogP contribution in [-0.4, -0.2) is 10.9 Å². The predicted molar refractivity (Wildman–Crippen MR) is 84.6 cm³/mol. The molecule has 0 aliphatic rings. The zero-order valence-electron chi connectivity index (χ0n) is 11.7. The van der Waals surface area contributed by atoms with Crippen molar-refractivity contribution in [2.75, 3.05) is 5.32 Å². The highest BCUT2D eigenvalue weighted by molar-refractivity contribution is 7.15. The number of thiazole rings is 1. The third kappa shape index (κ3) is 3.81. The molecule has 2 rings (SSSR count). The Balaban J connectivity index is 2.05. The Morgan fingerprint density at radius 1 is 1.45 bits per heavy atom. The van der Waals surface area contributed by atoms with Crippen molar-refractivity contribution in [2.24, 2.45) is 5.92 Å². The summed E-state index contributed by atoms with van der Waals surface area (Å²) in [6.07, 6.45) is 2.57. The third-order valence-electron chi connectivity index (χ3n) is 2.92. The lowest BCUT2D eigenvalue weighted by Gasteiger charge is -2.03. The molecule has 1 amide bonds. The van der Waals surface area contributed by atoms with Crippen LogP contribution in [0.3, 0.4) is 0 Å². The second kappa shape index (κ2) is 6.37. The molecule has 0 spiro atoms. The molecule has 1 N–H and O–H groups in total. The van der Waals surface area contributed by atoms with Gasteiger partial charge >= 0.3 is 0 Å². The second-order valence-electron chi connectivity index (χ2n) is 5.04. The van der Waals surface area contributed by atoms with Gasteiger partial charge in [0.15, 0.2) is 5.13 Å². The first-order chi connectivity index (χ1) is 9.45. The number of aryl methyl sites for hydroxylation is 1. The highest BCUT2D eigenvalue weighted by Crippen LogP contribution is 2.24. The minimum Gasteiger partial charge on any atom is -0.302 e. The van der Waals surface area contributed by atoms with Crippen LogP contribution in [-0.2, 0) is 11.2 Å². The van der Waals surface area contributed by atoms with Gasteiger partial charge in [-0.3, -0.25) is 4.79 Å². The van der Waals surface area contributed by atoms with Gasteiger partial charge in [0.05, 0.1) is 0 Å². The summed E-state index contributed by atoms with van der Waals surface area (Å²) in [5.41, 5.74) is 2.22. The van der Waals surface area contributed by atoms with Crippen LogP contribution in [0.15, 0.2) is 24.4 Å². The van der Waals surface area contributed by atoms with E-state index in [1.807, 2.05) is 32.9 Å². The van der Waals surface area contributed by atoms with E-state index < -0.39 is 0 Å². The van der Waals surface area contributed by atoms with E-state index >= 15 is 0 Å². The molecule has 20 heavy (non-hydrogen) atoms. The van der Waals surface area contributed by atoms with Crippen LogP contribution >= 0.6 is 22.9 Å². The quantitative estimate of drug-likeness (QED) is 0.915. The van der Waals surface area contributed by atoms with Gasteiger partial charge < -0.3 is 5.32 Å². The summed E-state index contributed by atoms with van der Waals surface area (Å²) in [7, 11) is 0. The second-order valence-corrected chi connectivity index (χ2v) is 6.56. The molecule has 0 saturated carbocycles. The van der Waals surface area contributed by atoms with Gasteiger partial charge in [0.1, 0.15) is 0 Å². The molecule has 0 radical (unpaired) electrons. The van der Waals surface area contributed by atoms with Gasteiger partial charge in [-0.2, -0.15) is 0 Å². The van der Waals surface area contributed by atoms with Gasteiger partial charge in [-0.25, -0.2) is 4.98 Å². The fraction of sp³-hybridized carbons (Fsp3) is 0.333. The maximum atomic E-state index is 11.6. The number of amides is 1. The monoisotopic (exact) mass is 308 g/mol. The Hall–Kier alpha value is -1.39. The molecule has 1 aromatic carbocycles. The molecule has 0 aliphatic heterocycles. The molecular weight excluding hydrogens is 292 g/mol.